The summed E-state index contributed by atoms with van der Waals surface area (Å²) in [6, 6.07) is 14.7. The van der Waals surface area contributed by atoms with Gasteiger partial charge in [0, 0.05) is 87.2 Å². The summed E-state index contributed by atoms with van der Waals surface area (Å²) in [6.45, 7) is 16.1. The summed E-state index contributed by atoms with van der Waals surface area (Å²) in [4.78, 5) is 59.8. The predicted octanol–water partition coefficient (Wildman–Crippen LogP) is 5.07. The lowest BCUT2D eigenvalue weighted by Gasteiger charge is -2.40. The van der Waals surface area contributed by atoms with E-state index in [1.54, 1.807) is 0 Å². The molecule has 0 bridgehead atoms. The van der Waals surface area contributed by atoms with E-state index in [1.807, 2.05) is 37.8 Å². The first-order valence-corrected chi connectivity index (χ1v) is 16.7. The minimum absolute atomic E-state index is 0.0384. The number of aromatic amines is 1. The van der Waals surface area contributed by atoms with Crippen LogP contribution in [-0.4, -0.2) is 71.1 Å². The Balaban J connectivity index is 1.45. The first-order valence-electron chi connectivity index (χ1n) is 16.7. The van der Waals surface area contributed by atoms with Crippen LogP contribution in [-0.2, 0) is 22.7 Å². The van der Waals surface area contributed by atoms with E-state index in [1.165, 1.54) is 11.6 Å². The van der Waals surface area contributed by atoms with Crippen LogP contribution in [0.4, 0.5) is 5.69 Å². The van der Waals surface area contributed by atoms with E-state index in [-0.39, 0.29) is 30.0 Å². The fourth-order valence-corrected chi connectivity index (χ4v) is 6.94. The quantitative estimate of drug-likeness (QED) is 0.301. The second-order valence-corrected chi connectivity index (χ2v) is 12.9. The standard InChI is InChI=1S/C38H47N5O4/c1-6-36(45)42-18-12-31(13-19-42)43(7-2)35-22-30(29-10-8-28(9-11-29)24-41-16-14-32(44)15-17-41)21-33(27(35)5)37(46)39-23-34-25(3)20-26(4)40-38(34)47/h6,8-11,20-22,31H,1,7,12-19,23-24H2,2-5H3,(H,39,46)(H,40,47). The number of hydrogen-bond donors (Lipinski definition) is 2. The molecule has 0 spiro atoms. The van der Waals surface area contributed by atoms with E-state index in [4.69, 9.17) is 0 Å². The molecule has 2 aliphatic rings. The van der Waals surface area contributed by atoms with Gasteiger partial charge in [-0.05, 0) is 92.6 Å². The molecule has 9 nitrogen and oxygen atoms in total. The molecular weight excluding hydrogens is 590 g/mol. The normalized spacial score (nSPS) is 15.8. The number of nitrogens with one attached hydrogen (secondary N) is 2. The van der Waals surface area contributed by atoms with Crippen molar-refractivity contribution in [3.05, 3.63) is 99.0 Å². The van der Waals surface area contributed by atoms with Gasteiger partial charge in [-0.3, -0.25) is 24.1 Å². The Bertz CT molecular complexity index is 1690. The summed E-state index contributed by atoms with van der Waals surface area (Å²) in [5, 5.41) is 3.02. The lowest BCUT2D eigenvalue weighted by Crippen LogP contribution is -2.46. The van der Waals surface area contributed by atoms with Crippen LogP contribution in [0, 0.1) is 20.8 Å². The van der Waals surface area contributed by atoms with Gasteiger partial charge in [-0.2, -0.15) is 0 Å². The number of piperidine rings is 2. The molecular formula is C38H47N5O4. The van der Waals surface area contributed by atoms with Crippen molar-refractivity contribution in [2.45, 2.75) is 72.5 Å². The van der Waals surface area contributed by atoms with E-state index < -0.39 is 0 Å². The van der Waals surface area contributed by atoms with Crippen LogP contribution in [0.25, 0.3) is 11.1 Å². The highest BCUT2D eigenvalue weighted by Crippen LogP contribution is 2.34. The molecule has 3 aromatic rings. The van der Waals surface area contributed by atoms with Crippen LogP contribution in [0.3, 0.4) is 0 Å². The fourth-order valence-electron chi connectivity index (χ4n) is 6.94. The number of benzene rings is 2. The number of carbonyl (C=O) groups excluding carboxylic acids is 3. The van der Waals surface area contributed by atoms with Crippen LogP contribution in [0.2, 0.25) is 0 Å². The average molecular weight is 638 g/mol. The van der Waals surface area contributed by atoms with Crippen LogP contribution >= 0.6 is 0 Å². The van der Waals surface area contributed by atoms with Crippen molar-refractivity contribution in [3.63, 3.8) is 0 Å². The Morgan fingerprint density at radius 3 is 2.28 bits per heavy atom. The summed E-state index contributed by atoms with van der Waals surface area (Å²) < 4.78 is 0. The number of amides is 2. The maximum absolute atomic E-state index is 13.9. The first kappa shape index (κ1) is 33.9. The zero-order chi connectivity index (χ0) is 33.7. The minimum atomic E-state index is -0.233. The summed E-state index contributed by atoms with van der Waals surface area (Å²) >= 11 is 0. The molecule has 2 N–H and O–H groups in total. The topological polar surface area (TPSA) is 106 Å². The number of rotatable bonds is 10. The van der Waals surface area contributed by atoms with Gasteiger partial charge in [0.1, 0.15) is 5.78 Å². The molecule has 2 amide bonds. The zero-order valence-corrected chi connectivity index (χ0v) is 28.2. The summed E-state index contributed by atoms with van der Waals surface area (Å²) in [5.74, 6) is 0.0662. The Hall–Kier alpha value is -4.50. The second kappa shape index (κ2) is 14.9. The zero-order valence-electron chi connectivity index (χ0n) is 28.2. The smallest absolute Gasteiger partial charge is 0.253 e. The molecule has 2 aliphatic heterocycles. The third-order valence-electron chi connectivity index (χ3n) is 9.69. The monoisotopic (exact) mass is 637 g/mol. The summed E-state index contributed by atoms with van der Waals surface area (Å²) in [6.07, 6.45) is 4.26. The van der Waals surface area contributed by atoms with E-state index in [9.17, 15) is 19.2 Å². The van der Waals surface area contributed by atoms with E-state index in [0.717, 1.165) is 72.7 Å². The molecule has 0 atom stereocenters. The first-order chi connectivity index (χ1) is 22.6. The highest BCUT2D eigenvalue weighted by molar-refractivity contribution is 5.99. The Morgan fingerprint density at radius 1 is 0.979 bits per heavy atom. The molecule has 5 rings (SSSR count). The molecule has 0 radical (unpaired) electrons. The van der Waals surface area contributed by atoms with E-state index >= 15 is 0 Å². The van der Waals surface area contributed by atoms with Gasteiger partial charge in [0.2, 0.25) is 5.91 Å². The van der Waals surface area contributed by atoms with Gasteiger partial charge in [-0.25, -0.2) is 0 Å². The molecule has 248 valence electrons. The van der Waals surface area contributed by atoms with Gasteiger partial charge >= 0.3 is 0 Å². The van der Waals surface area contributed by atoms with Gasteiger partial charge < -0.3 is 20.1 Å². The molecule has 0 aliphatic carbocycles. The van der Waals surface area contributed by atoms with Crippen molar-refractivity contribution in [1.82, 2.24) is 20.1 Å². The van der Waals surface area contributed by atoms with Crippen molar-refractivity contribution in [2.75, 3.05) is 37.6 Å². The summed E-state index contributed by atoms with van der Waals surface area (Å²) in [7, 11) is 0. The molecule has 3 heterocycles. The molecule has 9 heteroatoms. The summed E-state index contributed by atoms with van der Waals surface area (Å²) in [5.41, 5.74) is 7.55. The molecule has 0 saturated carbocycles. The van der Waals surface area contributed by atoms with E-state index in [2.05, 4.69) is 63.9 Å². The molecule has 47 heavy (non-hydrogen) atoms. The Kier molecular flexibility index (Phi) is 10.8. The number of hydrogen-bond acceptors (Lipinski definition) is 6. The van der Waals surface area contributed by atoms with Crippen LogP contribution in [0.1, 0.15) is 70.9 Å². The number of carbonyl (C=O) groups is 3. The maximum atomic E-state index is 13.9. The third kappa shape index (κ3) is 7.91. The van der Waals surface area contributed by atoms with Crippen molar-refractivity contribution in [1.29, 1.82) is 0 Å². The Labute approximate surface area is 277 Å². The fraction of sp³-hybridized carbons (Fsp3) is 0.421. The highest BCUT2D eigenvalue weighted by atomic mass is 16.2. The average Bonchev–Trinajstić information content (AvgIpc) is 3.06. The van der Waals surface area contributed by atoms with Crippen molar-refractivity contribution < 1.29 is 14.4 Å². The minimum Gasteiger partial charge on any atom is -0.368 e. The van der Waals surface area contributed by atoms with Crippen molar-refractivity contribution in [3.8, 4) is 11.1 Å². The molecule has 2 fully saturated rings. The van der Waals surface area contributed by atoms with Gasteiger partial charge in [-0.15, -0.1) is 0 Å². The second-order valence-electron chi connectivity index (χ2n) is 12.9. The molecule has 2 aromatic carbocycles. The maximum Gasteiger partial charge on any atom is 0.253 e. The predicted molar refractivity (Wildman–Crippen MR) is 187 cm³/mol. The van der Waals surface area contributed by atoms with Gasteiger partial charge in [0.05, 0.1) is 0 Å². The number of likely N-dealkylation sites (tertiary alicyclic amines) is 2. The van der Waals surface area contributed by atoms with Crippen molar-refractivity contribution >= 4 is 23.3 Å². The number of pyridine rings is 1. The number of aryl methyl sites for hydroxylation is 2. The lowest BCUT2D eigenvalue weighted by molar-refractivity contribution is -0.127. The van der Waals surface area contributed by atoms with Crippen LogP contribution < -0.4 is 15.8 Å². The highest BCUT2D eigenvalue weighted by Gasteiger charge is 2.28. The largest absolute Gasteiger partial charge is 0.368 e. The molecule has 2 saturated heterocycles. The number of anilines is 1. The number of Topliss-reactive ketones (excluding diaryl/α,β-unsaturated/α-hetero) is 1. The van der Waals surface area contributed by atoms with Gasteiger partial charge in [-0.1, -0.05) is 30.8 Å². The lowest BCUT2D eigenvalue weighted by atomic mass is 9.94. The third-order valence-corrected chi connectivity index (χ3v) is 9.69. The van der Waals surface area contributed by atoms with Crippen LogP contribution in [0.5, 0.6) is 0 Å². The molecule has 0 unspecified atom stereocenters. The van der Waals surface area contributed by atoms with Crippen LogP contribution in [0.15, 0.2) is 59.9 Å². The number of nitrogens with zero attached hydrogens (tertiary/aromatic N) is 3. The molecule has 1 aromatic heterocycles. The van der Waals surface area contributed by atoms with Gasteiger partial charge in [0.25, 0.3) is 11.5 Å². The van der Waals surface area contributed by atoms with Crippen molar-refractivity contribution in [2.24, 2.45) is 0 Å². The number of H-pyrrole nitrogens is 1. The van der Waals surface area contributed by atoms with Gasteiger partial charge in [0.15, 0.2) is 0 Å². The number of ketones is 1. The Morgan fingerprint density at radius 2 is 1.66 bits per heavy atom. The SMILES string of the molecule is C=CC(=O)N1CCC(N(CC)c2cc(-c3ccc(CN4CCC(=O)CC4)cc3)cc(C(=O)NCc3c(C)cc(C)[nH]c3=O)c2C)CC1. The number of aromatic nitrogens is 1. The van der Waals surface area contributed by atoms with E-state index in [0.29, 0.717) is 42.8 Å².